The second kappa shape index (κ2) is 8.02. The maximum atomic E-state index is 14.5. The van der Waals surface area contributed by atoms with Crippen LogP contribution in [-0.2, 0) is 21.5 Å². The first-order valence-corrected chi connectivity index (χ1v) is 11.8. The van der Waals surface area contributed by atoms with E-state index in [1.807, 2.05) is 45.0 Å². The number of thiophene rings is 1. The molecule has 0 amide bonds. The summed E-state index contributed by atoms with van der Waals surface area (Å²) in [5.74, 6) is -1.34. The van der Waals surface area contributed by atoms with Gasteiger partial charge in [-0.25, -0.2) is 9.37 Å². The smallest absolute Gasteiger partial charge is 0.170 e. The molecular formula is C25H23ClFN3O2S. The molecule has 1 aliphatic heterocycles. The molecule has 4 heterocycles. The summed E-state index contributed by atoms with van der Waals surface area (Å²) in [6, 6.07) is 12.2. The van der Waals surface area contributed by atoms with Crippen molar-refractivity contribution in [2.45, 2.75) is 38.6 Å². The number of ether oxygens (including phenoxy) is 2. The first-order valence-electron chi connectivity index (χ1n) is 10.6. The third kappa shape index (κ3) is 4.10. The van der Waals surface area contributed by atoms with E-state index >= 15 is 0 Å². The number of nitrogen functional groups attached to an aromatic ring is 1. The van der Waals surface area contributed by atoms with Gasteiger partial charge in [-0.3, -0.25) is 4.98 Å². The number of fused-ring (bicyclic) bond motifs is 1. The van der Waals surface area contributed by atoms with Gasteiger partial charge in [-0.15, -0.1) is 11.3 Å². The van der Waals surface area contributed by atoms with Crippen molar-refractivity contribution in [1.82, 2.24) is 9.97 Å². The van der Waals surface area contributed by atoms with Crippen LogP contribution in [-0.4, -0.2) is 22.4 Å². The van der Waals surface area contributed by atoms with Crippen molar-refractivity contribution < 1.29 is 13.9 Å². The lowest BCUT2D eigenvalue weighted by Crippen LogP contribution is -2.28. The molecule has 2 N–H and O–H groups in total. The van der Waals surface area contributed by atoms with Crippen LogP contribution in [0.3, 0.4) is 0 Å². The number of aromatic nitrogens is 2. The summed E-state index contributed by atoms with van der Waals surface area (Å²) in [4.78, 5) is 9.39. The summed E-state index contributed by atoms with van der Waals surface area (Å²) < 4.78 is 27.6. The van der Waals surface area contributed by atoms with Crippen LogP contribution in [0.15, 0.2) is 48.8 Å². The van der Waals surface area contributed by atoms with Crippen LogP contribution in [0, 0.1) is 5.82 Å². The lowest BCUT2D eigenvalue weighted by molar-refractivity contribution is -0.159. The summed E-state index contributed by atoms with van der Waals surface area (Å²) in [6.07, 6.45) is 3.52. The van der Waals surface area contributed by atoms with Crippen molar-refractivity contribution in [3.63, 3.8) is 0 Å². The molecule has 170 valence electrons. The van der Waals surface area contributed by atoms with Crippen LogP contribution < -0.4 is 5.73 Å². The fourth-order valence-corrected chi connectivity index (χ4v) is 5.61. The molecule has 5 nitrogen and oxygen atoms in total. The van der Waals surface area contributed by atoms with Gasteiger partial charge in [0.15, 0.2) is 17.4 Å². The van der Waals surface area contributed by atoms with Crippen molar-refractivity contribution in [2.75, 3.05) is 12.3 Å². The van der Waals surface area contributed by atoms with Gasteiger partial charge in [0.1, 0.15) is 5.60 Å². The third-order valence-corrected chi connectivity index (χ3v) is 7.36. The first-order chi connectivity index (χ1) is 15.7. The minimum Gasteiger partial charge on any atom is -0.381 e. The largest absolute Gasteiger partial charge is 0.381 e. The van der Waals surface area contributed by atoms with E-state index in [0.29, 0.717) is 18.6 Å². The molecule has 4 aromatic rings. The highest BCUT2D eigenvalue weighted by molar-refractivity contribution is 7.19. The van der Waals surface area contributed by atoms with Crippen LogP contribution in [0.2, 0.25) is 5.02 Å². The molecule has 5 rings (SSSR count). The zero-order valence-corrected chi connectivity index (χ0v) is 20.1. The van der Waals surface area contributed by atoms with Crippen molar-refractivity contribution >= 4 is 38.8 Å². The number of anilines is 1. The molecule has 0 aliphatic carbocycles. The lowest BCUT2D eigenvalue weighted by atomic mass is 9.96. The fraction of sp³-hybridized carbons (Fsp3) is 0.280. The molecule has 1 unspecified atom stereocenters. The van der Waals surface area contributed by atoms with Crippen LogP contribution in [0.1, 0.15) is 36.8 Å². The van der Waals surface area contributed by atoms with Crippen molar-refractivity contribution in [1.29, 1.82) is 0 Å². The molecule has 33 heavy (non-hydrogen) atoms. The lowest BCUT2D eigenvalue weighted by Gasteiger charge is -2.25. The molecule has 0 radical (unpaired) electrons. The SMILES string of the molecule is CC1(C)OCC(C)(c2ccnc(-c3cccc4cc(Cc5c(Cl)cnc(N)c5F)sc34)c2)O1. The number of nitrogens with zero attached hydrogens (tertiary/aromatic N) is 2. The van der Waals surface area contributed by atoms with E-state index in [1.54, 1.807) is 17.5 Å². The summed E-state index contributed by atoms with van der Waals surface area (Å²) >= 11 is 7.80. The average molecular weight is 484 g/mol. The van der Waals surface area contributed by atoms with Gasteiger partial charge in [0.2, 0.25) is 0 Å². The summed E-state index contributed by atoms with van der Waals surface area (Å²) in [6.45, 7) is 6.33. The monoisotopic (exact) mass is 483 g/mol. The Morgan fingerprint density at radius 3 is 2.76 bits per heavy atom. The van der Waals surface area contributed by atoms with Crippen LogP contribution >= 0.6 is 22.9 Å². The van der Waals surface area contributed by atoms with Gasteiger partial charge in [0.05, 0.1) is 17.3 Å². The Morgan fingerprint density at radius 2 is 2.00 bits per heavy atom. The standard InChI is InChI=1S/C25H23ClFN3O2S/c1-24(2)31-13-25(3,32-24)15-7-8-29-20(10-15)17-6-4-5-14-9-16(33-22(14)17)11-18-19(26)12-30-23(28)21(18)27/h4-10,12H,11,13H2,1-3H3,(H2,28,30). The zero-order valence-electron chi connectivity index (χ0n) is 18.5. The molecule has 0 saturated carbocycles. The van der Waals surface area contributed by atoms with Gasteiger partial charge in [-0.1, -0.05) is 29.8 Å². The Kier molecular flexibility index (Phi) is 5.40. The summed E-state index contributed by atoms with van der Waals surface area (Å²) in [5, 5.41) is 1.33. The molecule has 1 atom stereocenters. The highest BCUT2D eigenvalue weighted by Crippen LogP contribution is 2.41. The number of benzene rings is 1. The van der Waals surface area contributed by atoms with Crippen molar-refractivity contribution in [3.05, 3.63) is 75.6 Å². The second-order valence-electron chi connectivity index (χ2n) is 8.85. The number of hydrogen-bond donors (Lipinski definition) is 1. The van der Waals surface area contributed by atoms with E-state index in [-0.39, 0.29) is 10.8 Å². The highest BCUT2D eigenvalue weighted by atomic mass is 35.5. The minimum atomic E-state index is -0.631. The van der Waals surface area contributed by atoms with Gasteiger partial charge in [-0.2, -0.15) is 0 Å². The number of nitrogens with two attached hydrogens (primary N) is 1. The van der Waals surface area contributed by atoms with Gasteiger partial charge in [0.25, 0.3) is 0 Å². The predicted molar refractivity (Wildman–Crippen MR) is 130 cm³/mol. The molecule has 3 aromatic heterocycles. The fourth-order valence-electron chi connectivity index (χ4n) is 4.22. The second-order valence-corrected chi connectivity index (χ2v) is 10.4. The van der Waals surface area contributed by atoms with Crippen molar-refractivity contribution in [2.24, 2.45) is 0 Å². The van der Waals surface area contributed by atoms with E-state index in [1.165, 1.54) is 6.20 Å². The van der Waals surface area contributed by atoms with Gasteiger partial charge in [-0.05, 0) is 49.9 Å². The van der Waals surface area contributed by atoms with E-state index in [9.17, 15) is 4.39 Å². The van der Waals surface area contributed by atoms with Gasteiger partial charge >= 0.3 is 0 Å². The Hall–Kier alpha value is -2.58. The van der Waals surface area contributed by atoms with Crippen LogP contribution in [0.5, 0.6) is 0 Å². The molecule has 1 fully saturated rings. The molecule has 1 aliphatic rings. The van der Waals surface area contributed by atoms with Crippen LogP contribution in [0.4, 0.5) is 10.2 Å². The number of pyridine rings is 2. The Morgan fingerprint density at radius 1 is 1.18 bits per heavy atom. The maximum Gasteiger partial charge on any atom is 0.170 e. The molecule has 0 spiro atoms. The molecule has 8 heteroatoms. The highest BCUT2D eigenvalue weighted by Gasteiger charge is 2.43. The van der Waals surface area contributed by atoms with E-state index in [0.717, 1.165) is 31.8 Å². The number of rotatable bonds is 4. The quantitative estimate of drug-likeness (QED) is 0.367. The molecule has 0 bridgehead atoms. The zero-order chi connectivity index (χ0) is 23.4. The molecule has 1 aromatic carbocycles. The predicted octanol–water partition coefficient (Wildman–Crippen LogP) is 6.32. The topological polar surface area (TPSA) is 70.3 Å². The van der Waals surface area contributed by atoms with E-state index < -0.39 is 17.2 Å². The number of hydrogen-bond acceptors (Lipinski definition) is 6. The molecular weight excluding hydrogens is 461 g/mol. The Balaban J connectivity index is 1.53. The van der Waals surface area contributed by atoms with E-state index in [2.05, 4.69) is 22.1 Å². The molecule has 1 saturated heterocycles. The van der Waals surface area contributed by atoms with Crippen LogP contribution in [0.25, 0.3) is 21.3 Å². The van der Waals surface area contributed by atoms with Crippen molar-refractivity contribution in [3.8, 4) is 11.3 Å². The Labute approximate surface area is 200 Å². The van der Waals surface area contributed by atoms with Gasteiger partial charge < -0.3 is 15.2 Å². The van der Waals surface area contributed by atoms with E-state index in [4.69, 9.17) is 26.8 Å². The first kappa shape index (κ1) is 22.2. The van der Waals surface area contributed by atoms with Gasteiger partial charge in [0, 0.05) is 39.5 Å². The maximum absolute atomic E-state index is 14.5. The summed E-state index contributed by atoms with van der Waals surface area (Å²) in [5.41, 5.74) is 8.31. The minimum absolute atomic E-state index is 0.146. The normalized spacial score (nSPS) is 19.9. The Bertz CT molecular complexity index is 1370. The number of halogens is 2. The average Bonchev–Trinajstić information content (AvgIpc) is 3.33. The summed E-state index contributed by atoms with van der Waals surface area (Å²) in [7, 11) is 0. The third-order valence-electron chi connectivity index (χ3n) is 5.85.